The van der Waals surface area contributed by atoms with Gasteiger partial charge in [0.1, 0.15) is 0 Å². The zero-order valence-corrected chi connectivity index (χ0v) is 13.1. The van der Waals surface area contributed by atoms with Crippen molar-refractivity contribution in [2.45, 2.75) is 33.2 Å². The maximum atomic E-state index is 12.8. The third kappa shape index (κ3) is 2.52. The highest BCUT2D eigenvalue weighted by Crippen LogP contribution is 2.20. The summed E-state index contributed by atoms with van der Waals surface area (Å²) in [4.78, 5) is 21.7. The molecule has 2 aromatic heterocycles. The molecule has 1 unspecified atom stereocenters. The summed E-state index contributed by atoms with van der Waals surface area (Å²) in [6, 6.07) is 9.66. The molecule has 22 heavy (non-hydrogen) atoms. The van der Waals surface area contributed by atoms with Crippen molar-refractivity contribution in [3.63, 3.8) is 0 Å². The Morgan fingerprint density at radius 2 is 1.86 bits per heavy atom. The van der Waals surface area contributed by atoms with E-state index >= 15 is 0 Å². The fourth-order valence-electron chi connectivity index (χ4n) is 2.76. The Morgan fingerprint density at radius 1 is 1.09 bits per heavy atom. The van der Waals surface area contributed by atoms with Crippen molar-refractivity contribution in [2.24, 2.45) is 0 Å². The van der Waals surface area contributed by atoms with Crippen LogP contribution in [0.15, 0.2) is 47.7 Å². The molecule has 2 heterocycles. The molecular weight excluding hydrogens is 274 g/mol. The summed E-state index contributed by atoms with van der Waals surface area (Å²) < 4.78 is 1.70. The maximum Gasteiger partial charge on any atom is 0.261 e. The molecule has 4 heteroatoms. The first-order valence-electron chi connectivity index (χ1n) is 7.50. The molecule has 0 radical (unpaired) electrons. The molecule has 3 rings (SSSR count). The average Bonchev–Trinajstić information content (AvgIpc) is 2.51. The third-order valence-corrected chi connectivity index (χ3v) is 3.94. The van der Waals surface area contributed by atoms with Gasteiger partial charge in [0, 0.05) is 6.20 Å². The molecule has 0 aliphatic heterocycles. The summed E-state index contributed by atoms with van der Waals surface area (Å²) in [5.41, 5.74) is 3.83. The van der Waals surface area contributed by atoms with Gasteiger partial charge in [-0.25, -0.2) is 4.98 Å². The van der Waals surface area contributed by atoms with Crippen LogP contribution in [0.1, 0.15) is 36.2 Å². The summed E-state index contributed by atoms with van der Waals surface area (Å²) in [5, 5.41) is 0.661. The number of rotatable bonds is 3. The molecule has 0 saturated heterocycles. The number of nitrogens with zero attached hydrogens (tertiary/aromatic N) is 3. The second kappa shape index (κ2) is 5.72. The first-order valence-corrected chi connectivity index (χ1v) is 7.50. The zero-order chi connectivity index (χ0) is 15.7. The van der Waals surface area contributed by atoms with Crippen molar-refractivity contribution < 1.29 is 0 Å². The highest BCUT2D eigenvalue weighted by molar-refractivity contribution is 5.78. The standard InChI is InChI=1S/C18H19N3O/c1-4-17(16-10-13(3)7-8-19-16)21-11-20-15-6-5-12(2)9-14(15)18(21)22/h5-11,17H,4H2,1-3H3. The van der Waals surface area contributed by atoms with E-state index in [1.165, 1.54) is 0 Å². The van der Waals surface area contributed by atoms with Gasteiger partial charge in [-0.2, -0.15) is 0 Å². The van der Waals surface area contributed by atoms with E-state index < -0.39 is 0 Å². The van der Waals surface area contributed by atoms with E-state index in [0.29, 0.717) is 5.39 Å². The number of benzene rings is 1. The Balaban J connectivity index is 2.19. The van der Waals surface area contributed by atoms with Crippen LogP contribution in [0.3, 0.4) is 0 Å². The van der Waals surface area contributed by atoms with Crippen LogP contribution >= 0.6 is 0 Å². The Morgan fingerprint density at radius 3 is 2.59 bits per heavy atom. The highest BCUT2D eigenvalue weighted by atomic mass is 16.1. The van der Waals surface area contributed by atoms with Crippen LogP contribution in [0.5, 0.6) is 0 Å². The third-order valence-electron chi connectivity index (χ3n) is 3.94. The van der Waals surface area contributed by atoms with Gasteiger partial charge in [0.25, 0.3) is 5.56 Å². The van der Waals surface area contributed by atoms with Gasteiger partial charge >= 0.3 is 0 Å². The molecule has 0 amide bonds. The molecule has 0 spiro atoms. The van der Waals surface area contributed by atoms with E-state index in [1.807, 2.05) is 44.2 Å². The molecule has 0 saturated carbocycles. The molecule has 0 aliphatic carbocycles. The molecule has 112 valence electrons. The summed E-state index contributed by atoms with van der Waals surface area (Å²) in [6.07, 6.45) is 4.21. The van der Waals surface area contributed by atoms with Crippen LogP contribution in [-0.4, -0.2) is 14.5 Å². The summed E-state index contributed by atoms with van der Waals surface area (Å²) in [6.45, 7) is 6.07. The number of fused-ring (bicyclic) bond motifs is 1. The number of hydrogen-bond acceptors (Lipinski definition) is 3. The molecule has 1 atom stereocenters. The predicted octanol–water partition coefficient (Wildman–Crippen LogP) is 3.41. The molecule has 0 aliphatic rings. The number of pyridine rings is 1. The van der Waals surface area contributed by atoms with Crippen LogP contribution in [0.4, 0.5) is 0 Å². The van der Waals surface area contributed by atoms with Crippen molar-refractivity contribution in [1.29, 1.82) is 0 Å². The maximum absolute atomic E-state index is 12.8. The normalized spacial score (nSPS) is 12.5. The van der Waals surface area contributed by atoms with Crippen LogP contribution in [0, 0.1) is 13.8 Å². The topological polar surface area (TPSA) is 47.8 Å². The summed E-state index contributed by atoms with van der Waals surface area (Å²) in [5.74, 6) is 0. The van der Waals surface area contributed by atoms with Crippen molar-refractivity contribution in [2.75, 3.05) is 0 Å². The highest BCUT2D eigenvalue weighted by Gasteiger charge is 2.16. The molecule has 0 bridgehead atoms. The van der Waals surface area contributed by atoms with Gasteiger partial charge in [0.2, 0.25) is 0 Å². The molecule has 4 nitrogen and oxygen atoms in total. The minimum atomic E-state index is -0.0928. The van der Waals surface area contributed by atoms with Crippen LogP contribution in [0.25, 0.3) is 10.9 Å². The van der Waals surface area contributed by atoms with Crippen LogP contribution < -0.4 is 5.56 Å². The van der Waals surface area contributed by atoms with Crippen LogP contribution in [-0.2, 0) is 0 Å². The van der Waals surface area contributed by atoms with Gasteiger partial charge < -0.3 is 0 Å². The lowest BCUT2D eigenvalue weighted by molar-refractivity contribution is 0.531. The Hall–Kier alpha value is -2.49. The van der Waals surface area contributed by atoms with Gasteiger partial charge in [-0.1, -0.05) is 18.6 Å². The lowest BCUT2D eigenvalue weighted by atomic mass is 10.1. The van der Waals surface area contributed by atoms with Gasteiger partial charge in [0.15, 0.2) is 0 Å². The van der Waals surface area contributed by atoms with Gasteiger partial charge in [-0.15, -0.1) is 0 Å². The van der Waals surface area contributed by atoms with Crippen molar-refractivity contribution in [3.8, 4) is 0 Å². The number of aromatic nitrogens is 3. The lowest BCUT2D eigenvalue weighted by Crippen LogP contribution is -2.26. The van der Waals surface area contributed by atoms with E-state index in [9.17, 15) is 4.79 Å². The largest absolute Gasteiger partial charge is 0.290 e. The first-order chi connectivity index (χ1) is 10.6. The fraction of sp³-hybridized carbons (Fsp3) is 0.278. The van der Waals surface area contributed by atoms with Crippen molar-refractivity contribution in [1.82, 2.24) is 14.5 Å². The minimum absolute atomic E-state index is 0.0103. The van der Waals surface area contributed by atoms with E-state index in [-0.39, 0.29) is 11.6 Å². The van der Waals surface area contributed by atoms with Crippen molar-refractivity contribution in [3.05, 3.63) is 70.0 Å². The molecular formula is C18H19N3O. The quantitative estimate of drug-likeness (QED) is 0.743. The van der Waals surface area contributed by atoms with E-state index in [2.05, 4.69) is 16.9 Å². The molecule has 0 N–H and O–H groups in total. The monoisotopic (exact) mass is 293 g/mol. The SMILES string of the molecule is CCC(c1cc(C)ccn1)n1cnc2ccc(C)cc2c1=O. The average molecular weight is 293 g/mol. The Kier molecular flexibility index (Phi) is 3.75. The summed E-state index contributed by atoms with van der Waals surface area (Å²) in [7, 11) is 0. The van der Waals surface area contributed by atoms with Gasteiger partial charge in [-0.05, 0) is 50.1 Å². The van der Waals surface area contributed by atoms with E-state index in [4.69, 9.17) is 0 Å². The minimum Gasteiger partial charge on any atom is -0.290 e. The smallest absolute Gasteiger partial charge is 0.261 e. The van der Waals surface area contributed by atoms with Crippen molar-refractivity contribution >= 4 is 10.9 Å². The molecule has 0 fully saturated rings. The number of hydrogen-bond donors (Lipinski definition) is 0. The summed E-state index contributed by atoms with van der Waals surface area (Å²) >= 11 is 0. The van der Waals surface area contributed by atoms with Gasteiger partial charge in [-0.3, -0.25) is 14.3 Å². The molecule has 3 aromatic rings. The zero-order valence-electron chi connectivity index (χ0n) is 13.1. The van der Waals surface area contributed by atoms with Crippen LogP contribution in [0.2, 0.25) is 0 Å². The van der Waals surface area contributed by atoms with Gasteiger partial charge in [0.05, 0.1) is 29.0 Å². The molecule has 1 aromatic carbocycles. The second-order valence-electron chi connectivity index (χ2n) is 5.66. The van der Waals surface area contributed by atoms with E-state index in [1.54, 1.807) is 17.1 Å². The second-order valence-corrected chi connectivity index (χ2v) is 5.66. The van der Waals surface area contributed by atoms with E-state index in [0.717, 1.165) is 28.8 Å². The fourth-order valence-corrected chi connectivity index (χ4v) is 2.76. The predicted molar refractivity (Wildman–Crippen MR) is 88.1 cm³/mol. The number of aryl methyl sites for hydroxylation is 2. The Labute approximate surface area is 129 Å². The lowest BCUT2D eigenvalue weighted by Gasteiger charge is -2.18. The Bertz CT molecular complexity index is 883. The first kappa shape index (κ1) is 14.4.